The van der Waals surface area contributed by atoms with Gasteiger partial charge in [0.15, 0.2) is 0 Å². The third-order valence-corrected chi connectivity index (χ3v) is 2.75. The van der Waals surface area contributed by atoms with Crippen LogP contribution in [0.25, 0.3) is 0 Å². The monoisotopic (exact) mass is 207 g/mol. The fraction of sp³-hybridized carbons (Fsp3) is 0.364. The molecule has 1 saturated heterocycles. The number of hydrogen-bond donors (Lipinski definition) is 2. The first-order chi connectivity index (χ1) is 7.01. The number of ether oxygens (including phenoxy) is 1. The first-order valence-electron chi connectivity index (χ1n) is 4.82. The van der Waals surface area contributed by atoms with Crippen LogP contribution < -0.4 is 5.73 Å². The minimum absolute atomic E-state index is 0.115. The molecule has 15 heavy (non-hydrogen) atoms. The summed E-state index contributed by atoms with van der Waals surface area (Å²) < 4.78 is 5.25. The second kappa shape index (κ2) is 3.15. The Bertz CT molecular complexity index is 416. The lowest BCUT2D eigenvalue weighted by Crippen LogP contribution is -2.22. The number of carbonyl (C=O) groups excluding carboxylic acids is 1. The van der Waals surface area contributed by atoms with E-state index in [-0.39, 0.29) is 11.7 Å². The van der Waals surface area contributed by atoms with Gasteiger partial charge in [0.1, 0.15) is 11.4 Å². The fourth-order valence-electron chi connectivity index (χ4n) is 1.92. The second-order valence-corrected chi connectivity index (χ2v) is 3.98. The minimum Gasteiger partial charge on any atom is -0.508 e. The van der Waals surface area contributed by atoms with Gasteiger partial charge in [0.2, 0.25) is 0 Å². The third-order valence-electron chi connectivity index (χ3n) is 2.75. The molecule has 1 fully saturated rings. The average Bonchev–Trinajstić information content (AvgIpc) is 2.46. The number of nitrogens with two attached hydrogens (primary N) is 1. The molecule has 0 spiro atoms. The summed E-state index contributed by atoms with van der Waals surface area (Å²) in [6.45, 7) is 1.83. The first-order valence-corrected chi connectivity index (χ1v) is 4.82. The van der Waals surface area contributed by atoms with Crippen LogP contribution in [-0.4, -0.2) is 11.1 Å². The maximum atomic E-state index is 11.1. The molecule has 80 valence electrons. The quantitative estimate of drug-likeness (QED) is 0.541. The molecule has 1 unspecified atom stereocenters. The zero-order valence-electron chi connectivity index (χ0n) is 8.49. The van der Waals surface area contributed by atoms with E-state index < -0.39 is 5.60 Å². The highest BCUT2D eigenvalue weighted by Gasteiger charge is 2.38. The minimum atomic E-state index is -0.644. The average molecular weight is 207 g/mol. The van der Waals surface area contributed by atoms with E-state index in [0.717, 1.165) is 5.56 Å². The highest BCUT2D eigenvalue weighted by atomic mass is 16.6. The Morgan fingerprint density at radius 2 is 2.27 bits per heavy atom. The summed E-state index contributed by atoms with van der Waals surface area (Å²) in [7, 11) is 0. The highest BCUT2D eigenvalue weighted by Crippen LogP contribution is 2.39. The molecule has 1 atom stereocenters. The number of aromatic hydroxyl groups is 1. The van der Waals surface area contributed by atoms with E-state index in [9.17, 15) is 9.90 Å². The van der Waals surface area contributed by atoms with Crippen LogP contribution >= 0.6 is 0 Å². The molecule has 0 amide bonds. The van der Waals surface area contributed by atoms with Gasteiger partial charge in [0.05, 0.1) is 0 Å². The van der Waals surface area contributed by atoms with Crippen molar-refractivity contribution < 1.29 is 14.6 Å². The Kier molecular flexibility index (Phi) is 2.07. The maximum absolute atomic E-state index is 11.1. The predicted molar refractivity (Wildman–Crippen MR) is 55.2 cm³/mol. The number of benzene rings is 1. The Morgan fingerprint density at radius 1 is 1.53 bits per heavy atom. The molecule has 3 N–H and O–H groups in total. The van der Waals surface area contributed by atoms with Gasteiger partial charge in [-0.15, -0.1) is 0 Å². The Balaban J connectivity index is 2.41. The van der Waals surface area contributed by atoms with Gasteiger partial charge in [-0.3, -0.25) is 4.79 Å². The van der Waals surface area contributed by atoms with E-state index in [1.165, 1.54) is 6.07 Å². The van der Waals surface area contributed by atoms with Gasteiger partial charge in [-0.25, -0.2) is 0 Å². The summed E-state index contributed by atoms with van der Waals surface area (Å²) >= 11 is 0. The van der Waals surface area contributed by atoms with Gasteiger partial charge in [-0.2, -0.15) is 0 Å². The van der Waals surface area contributed by atoms with Crippen molar-refractivity contribution in [1.29, 1.82) is 0 Å². The summed E-state index contributed by atoms with van der Waals surface area (Å²) in [6.07, 6.45) is 1.04. The van der Waals surface area contributed by atoms with Gasteiger partial charge in [-0.1, -0.05) is 0 Å². The van der Waals surface area contributed by atoms with Gasteiger partial charge in [0, 0.05) is 30.2 Å². The molecule has 0 radical (unpaired) electrons. The first kappa shape index (κ1) is 9.83. The zero-order chi connectivity index (χ0) is 11.1. The van der Waals surface area contributed by atoms with Gasteiger partial charge in [0.25, 0.3) is 0 Å². The van der Waals surface area contributed by atoms with Crippen molar-refractivity contribution in [2.75, 3.05) is 5.73 Å². The molecular weight excluding hydrogens is 194 g/mol. The van der Waals surface area contributed by atoms with E-state index in [0.29, 0.717) is 18.5 Å². The summed E-state index contributed by atoms with van der Waals surface area (Å²) in [4.78, 5) is 11.1. The highest BCUT2D eigenvalue weighted by molar-refractivity contribution is 5.73. The van der Waals surface area contributed by atoms with Crippen LogP contribution in [0.5, 0.6) is 5.75 Å². The number of hydrogen-bond acceptors (Lipinski definition) is 4. The van der Waals surface area contributed by atoms with Crippen molar-refractivity contribution >= 4 is 11.7 Å². The fourth-order valence-corrected chi connectivity index (χ4v) is 1.92. The Labute approximate surface area is 87.7 Å². The van der Waals surface area contributed by atoms with Crippen LogP contribution in [0.15, 0.2) is 18.2 Å². The number of phenols is 1. The molecule has 0 aromatic heterocycles. The number of cyclic esters (lactones) is 1. The molecule has 1 aliphatic rings. The maximum Gasteiger partial charge on any atom is 0.306 e. The molecular formula is C11H13NO3. The van der Waals surface area contributed by atoms with E-state index in [2.05, 4.69) is 0 Å². The molecule has 1 aromatic rings. The van der Waals surface area contributed by atoms with E-state index >= 15 is 0 Å². The molecule has 0 bridgehead atoms. The van der Waals surface area contributed by atoms with Gasteiger partial charge in [-0.05, 0) is 19.1 Å². The Morgan fingerprint density at radius 3 is 2.80 bits per heavy atom. The predicted octanol–water partition coefficient (Wildman–Crippen LogP) is 1.53. The van der Waals surface area contributed by atoms with Gasteiger partial charge >= 0.3 is 5.97 Å². The molecule has 0 saturated carbocycles. The smallest absolute Gasteiger partial charge is 0.306 e. The number of rotatable bonds is 1. The van der Waals surface area contributed by atoms with E-state index in [1.54, 1.807) is 12.1 Å². The molecule has 1 heterocycles. The second-order valence-electron chi connectivity index (χ2n) is 3.98. The lowest BCUT2D eigenvalue weighted by molar-refractivity contribution is -0.147. The largest absolute Gasteiger partial charge is 0.508 e. The van der Waals surface area contributed by atoms with Crippen molar-refractivity contribution in [3.63, 3.8) is 0 Å². The van der Waals surface area contributed by atoms with Crippen LogP contribution in [0.2, 0.25) is 0 Å². The summed E-state index contributed by atoms with van der Waals surface area (Å²) in [5, 5.41) is 9.23. The SMILES string of the molecule is CC1(c2ccc(O)cc2N)CCC(=O)O1. The zero-order valence-corrected chi connectivity index (χ0v) is 8.49. The molecule has 2 rings (SSSR count). The molecule has 1 aliphatic heterocycles. The molecule has 0 aliphatic carbocycles. The van der Waals surface area contributed by atoms with Crippen molar-refractivity contribution in [3.05, 3.63) is 23.8 Å². The number of esters is 1. The van der Waals surface area contributed by atoms with E-state index in [1.807, 2.05) is 6.92 Å². The molecule has 4 nitrogen and oxygen atoms in total. The van der Waals surface area contributed by atoms with Crippen LogP contribution in [-0.2, 0) is 15.1 Å². The summed E-state index contributed by atoms with van der Waals surface area (Å²) in [5.74, 6) is -0.0888. The molecule has 4 heteroatoms. The van der Waals surface area contributed by atoms with Gasteiger partial charge < -0.3 is 15.6 Å². The van der Waals surface area contributed by atoms with Crippen molar-refractivity contribution in [3.8, 4) is 5.75 Å². The molecule has 1 aromatic carbocycles. The number of anilines is 1. The van der Waals surface area contributed by atoms with Crippen LogP contribution in [0.4, 0.5) is 5.69 Å². The number of phenolic OH excluding ortho intramolecular Hbond substituents is 1. The third kappa shape index (κ3) is 1.63. The van der Waals surface area contributed by atoms with E-state index in [4.69, 9.17) is 10.5 Å². The van der Waals surface area contributed by atoms with Crippen LogP contribution in [0.1, 0.15) is 25.3 Å². The summed E-state index contributed by atoms with van der Waals surface area (Å²) in [6, 6.07) is 4.71. The van der Waals surface area contributed by atoms with Crippen molar-refractivity contribution in [1.82, 2.24) is 0 Å². The lowest BCUT2D eigenvalue weighted by Gasteiger charge is -2.24. The topological polar surface area (TPSA) is 72.5 Å². The van der Waals surface area contributed by atoms with Crippen molar-refractivity contribution in [2.24, 2.45) is 0 Å². The van der Waals surface area contributed by atoms with Crippen LogP contribution in [0.3, 0.4) is 0 Å². The number of carbonyl (C=O) groups is 1. The Hall–Kier alpha value is -1.71. The van der Waals surface area contributed by atoms with Crippen LogP contribution in [0, 0.1) is 0 Å². The summed E-state index contributed by atoms with van der Waals surface area (Å²) in [5.41, 5.74) is 6.34. The van der Waals surface area contributed by atoms with Crippen molar-refractivity contribution in [2.45, 2.75) is 25.4 Å². The standard InChI is InChI=1S/C11H13NO3/c1-11(5-4-10(14)15-11)8-3-2-7(13)6-9(8)12/h2-3,6,13H,4-5,12H2,1H3. The number of nitrogen functional groups attached to an aromatic ring is 1. The lowest BCUT2D eigenvalue weighted by atomic mass is 9.91. The normalized spacial score (nSPS) is 25.3.